The first-order valence-corrected chi connectivity index (χ1v) is 3.73. The first-order valence-electron chi connectivity index (χ1n) is 3.73. The highest BCUT2D eigenvalue weighted by atomic mass is 16.6. The topological polar surface area (TPSA) is 61.0 Å². The Morgan fingerprint density at radius 3 is 3.00 bits per heavy atom. The van der Waals surface area contributed by atoms with E-state index in [4.69, 9.17) is 0 Å². The van der Waals surface area contributed by atoms with Crippen LogP contribution in [0.2, 0.25) is 0 Å². The van der Waals surface area contributed by atoms with Crippen LogP contribution in [0.4, 0.5) is 5.82 Å². The maximum Gasteiger partial charge on any atom is 0.343 e. The van der Waals surface area contributed by atoms with Gasteiger partial charge in [0.25, 0.3) is 0 Å². The number of nitrogens with zero attached hydrogens (tertiary/aromatic N) is 3. The summed E-state index contributed by atoms with van der Waals surface area (Å²) in [6, 6.07) is 0. The van der Waals surface area contributed by atoms with Crippen LogP contribution in [-0.4, -0.2) is 14.5 Å². The number of aryl methyl sites for hydroxylation is 1. The molecule has 0 aliphatic carbocycles. The lowest BCUT2D eigenvalue weighted by Crippen LogP contribution is -2.03. The van der Waals surface area contributed by atoms with Crippen LogP contribution >= 0.6 is 0 Å². The SMILES string of the molecule is CC#CCn1c([N+](=O)[O-])cnc1C. The van der Waals surface area contributed by atoms with Crippen molar-refractivity contribution in [1.82, 2.24) is 9.55 Å². The van der Waals surface area contributed by atoms with E-state index >= 15 is 0 Å². The van der Waals surface area contributed by atoms with Crippen LogP contribution < -0.4 is 0 Å². The Hall–Kier alpha value is -1.83. The third-order valence-corrected chi connectivity index (χ3v) is 1.64. The zero-order chi connectivity index (χ0) is 9.84. The van der Waals surface area contributed by atoms with E-state index in [-0.39, 0.29) is 5.82 Å². The molecule has 5 heteroatoms. The number of rotatable bonds is 2. The van der Waals surface area contributed by atoms with E-state index in [1.165, 1.54) is 10.8 Å². The molecule has 0 atom stereocenters. The Labute approximate surface area is 75.5 Å². The van der Waals surface area contributed by atoms with Crippen molar-refractivity contribution in [2.24, 2.45) is 0 Å². The molecular weight excluding hydrogens is 170 g/mol. The van der Waals surface area contributed by atoms with Gasteiger partial charge in [-0.05, 0) is 11.8 Å². The predicted octanol–water partition coefficient (Wildman–Crippen LogP) is 1.12. The average Bonchev–Trinajstić information content (AvgIpc) is 2.43. The molecule has 13 heavy (non-hydrogen) atoms. The summed E-state index contributed by atoms with van der Waals surface area (Å²) in [6.45, 7) is 3.72. The Balaban J connectivity index is 3.06. The molecule has 0 spiro atoms. The molecule has 0 amide bonds. The van der Waals surface area contributed by atoms with Crippen molar-refractivity contribution in [2.45, 2.75) is 20.4 Å². The van der Waals surface area contributed by atoms with Crippen molar-refractivity contribution >= 4 is 5.82 Å². The molecule has 0 aliphatic rings. The summed E-state index contributed by atoms with van der Waals surface area (Å²) >= 11 is 0. The summed E-state index contributed by atoms with van der Waals surface area (Å²) in [6.07, 6.45) is 1.24. The van der Waals surface area contributed by atoms with Gasteiger partial charge in [-0.1, -0.05) is 5.92 Å². The van der Waals surface area contributed by atoms with Gasteiger partial charge in [0.05, 0.1) is 0 Å². The molecule has 0 radical (unpaired) electrons. The molecule has 1 aromatic heterocycles. The highest BCUT2D eigenvalue weighted by Gasteiger charge is 2.15. The largest absolute Gasteiger partial charge is 0.358 e. The molecule has 0 unspecified atom stereocenters. The number of nitro groups is 1. The summed E-state index contributed by atoms with van der Waals surface area (Å²) in [5.74, 6) is 6.03. The Bertz CT molecular complexity index is 384. The van der Waals surface area contributed by atoms with E-state index in [9.17, 15) is 10.1 Å². The fourth-order valence-corrected chi connectivity index (χ4v) is 0.956. The average molecular weight is 179 g/mol. The molecule has 68 valence electrons. The molecular formula is C8H9N3O2. The highest BCUT2D eigenvalue weighted by molar-refractivity contribution is 5.20. The maximum atomic E-state index is 10.5. The van der Waals surface area contributed by atoms with E-state index in [0.717, 1.165) is 0 Å². The van der Waals surface area contributed by atoms with Gasteiger partial charge in [-0.15, -0.1) is 5.92 Å². The molecule has 0 bridgehead atoms. The number of aromatic nitrogens is 2. The van der Waals surface area contributed by atoms with E-state index in [1.807, 2.05) is 0 Å². The molecule has 0 aliphatic heterocycles. The lowest BCUT2D eigenvalue weighted by molar-refractivity contribution is -0.392. The number of hydrogen-bond donors (Lipinski definition) is 0. The van der Waals surface area contributed by atoms with E-state index in [0.29, 0.717) is 12.4 Å². The summed E-state index contributed by atoms with van der Waals surface area (Å²) < 4.78 is 1.47. The molecule has 5 nitrogen and oxygen atoms in total. The van der Waals surface area contributed by atoms with Gasteiger partial charge >= 0.3 is 5.82 Å². The van der Waals surface area contributed by atoms with Gasteiger partial charge < -0.3 is 10.1 Å². The minimum absolute atomic E-state index is 0.0137. The van der Waals surface area contributed by atoms with Gasteiger partial charge in [-0.3, -0.25) is 0 Å². The van der Waals surface area contributed by atoms with E-state index in [1.54, 1.807) is 13.8 Å². The minimum atomic E-state index is -0.461. The maximum absolute atomic E-state index is 10.5. The van der Waals surface area contributed by atoms with Crippen LogP contribution in [0.1, 0.15) is 12.7 Å². The van der Waals surface area contributed by atoms with Crippen LogP contribution in [0.25, 0.3) is 0 Å². The van der Waals surface area contributed by atoms with Crippen LogP contribution in [0.3, 0.4) is 0 Å². The second kappa shape index (κ2) is 3.72. The normalized spacial score (nSPS) is 9.08. The van der Waals surface area contributed by atoms with Gasteiger partial charge in [0, 0.05) is 6.92 Å². The predicted molar refractivity (Wildman–Crippen MR) is 47.1 cm³/mol. The van der Waals surface area contributed by atoms with Crippen LogP contribution in [0.15, 0.2) is 6.20 Å². The zero-order valence-electron chi connectivity index (χ0n) is 7.44. The standard InChI is InChI=1S/C8H9N3O2/c1-3-4-5-10-7(2)9-6-8(10)11(12)13/h6H,5H2,1-2H3. The Morgan fingerprint density at radius 1 is 1.77 bits per heavy atom. The molecule has 0 N–H and O–H groups in total. The summed E-state index contributed by atoms with van der Waals surface area (Å²) in [4.78, 5) is 13.9. The Morgan fingerprint density at radius 2 is 2.46 bits per heavy atom. The third-order valence-electron chi connectivity index (χ3n) is 1.64. The molecule has 1 rings (SSSR count). The van der Waals surface area contributed by atoms with Crippen molar-refractivity contribution in [3.05, 3.63) is 22.1 Å². The van der Waals surface area contributed by atoms with Gasteiger partial charge in [0.2, 0.25) is 0 Å². The van der Waals surface area contributed by atoms with E-state index in [2.05, 4.69) is 16.8 Å². The van der Waals surface area contributed by atoms with Crippen molar-refractivity contribution in [3.8, 4) is 11.8 Å². The fraction of sp³-hybridized carbons (Fsp3) is 0.375. The summed E-state index contributed by atoms with van der Waals surface area (Å²) in [7, 11) is 0. The summed E-state index contributed by atoms with van der Waals surface area (Å²) in [5, 5.41) is 10.5. The molecule has 0 saturated heterocycles. The second-order valence-electron chi connectivity index (χ2n) is 2.43. The zero-order valence-corrected chi connectivity index (χ0v) is 7.44. The smallest absolute Gasteiger partial charge is 0.343 e. The van der Waals surface area contributed by atoms with Crippen molar-refractivity contribution in [1.29, 1.82) is 0 Å². The van der Waals surface area contributed by atoms with Crippen molar-refractivity contribution in [3.63, 3.8) is 0 Å². The van der Waals surface area contributed by atoms with Gasteiger partial charge in [-0.25, -0.2) is 4.98 Å². The molecule has 1 aromatic rings. The van der Waals surface area contributed by atoms with Gasteiger partial charge in [-0.2, -0.15) is 4.57 Å². The van der Waals surface area contributed by atoms with Gasteiger partial charge in [0.15, 0.2) is 12.4 Å². The fourth-order valence-electron chi connectivity index (χ4n) is 0.956. The first-order chi connectivity index (χ1) is 6.16. The minimum Gasteiger partial charge on any atom is -0.358 e. The lowest BCUT2D eigenvalue weighted by Gasteiger charge is -1.96. The number of imidazole rings is 1. The molecule has 0 aromatic carbocycles. The van der Waals surface area contributed by atoms with Crippen LogP contribution in [0.5, 0.6) is 0 Å². The van der Waals surface area contributed by atoms with Crippen molar-refractivity contribution in [2.75, 3.05) is 0 Å². The molecule has 0 saturated carbocycles. The monoisotopic (exact) mass is 179 g/mol. The van der Waals surface area contributed by atoms with E-state index < -0.39 is 4.92 Å². The highest BCUT2D eigenvalue weighted by Crippen LogP contribution is 2.12. The lowest BCUT2D eigenvalue weighted by atomic mass is 10.5. The summed E-state index contributed by atoms with van der Waals surface area (Å²) in [5.41, 5.74) is 0. The third kappa shape index (κ3) is 1.85. The molecule has 0 fully saturated rings. The van der Waals surface area contributed by atoms with Gasteiger partial charge in [0.1, 0.15) is 6.20 Å². The first kappa shape index (κ1) is 9.26. The van der Waals surface area contributed by atoms with Crippen molar-refractivity contribution < 1.29 is 4.92 Å². The molecule has 1 heterocycles. The Kier molecular flexibility index (Phi) is 2.65. The number of hydrogen-bond acceptors (Lipinski definition) is 3. The quantitative estimate of drug-likeness (QED) is 0.388. The van der Waals surface area contributed by atoms with Crippen LogP contribution in [-0.2, 0) is 6.54 Å². The van der Waals surface area contributed by atoms with Crippen LogP contribution in [0, 0.1) is 28.9 Å². The second-order valence-corrected chi connectivity index (χ2v) is 2.43.